The number of benzene rings is 2. The van der Waals surface area contributed by atoms with Crippen LogP contribution in [0.5, 0.6) is 5.75 Å². The molecule has 0 radical (unpaired) electrons. The largest absolute Gasteiger partial charge is 0.495 e. The highest BCUT2D eigenvalue weighted by molar-refractivity contribution is 9.10. The first kappa shape index (κ1) is 18.3. The minimum atomic E-state index is -3.67. The van der Waals surface area contributed by atoms with Crippen LogP contribution in [0.1, 0.15) is 0 Å². The molecule has 2 N–H and O–H groups in total. The van der Waals surface area contributed by atoms with Gasteiger partial charge in [-0.3, -0.25) is 0 Å². The number of ether oxygens (including phenoxy) is 1. The Bertz CT molecular complexity index is 1090. The maximum absolute atomic E-state index is 13.3. The van der Waals surface area contributed by atoms with Crippen molar-refractivity contribution in [1.29, 1.82) is 0 Å². The third-order valence-corrected chi connectivity index (χ3v) is 7.10. The van der Waals surface area contributed by atoms with Crippen molar-refractivity contribution in [1.82, 2.24) is 10.3 Å². The molecule has 4 rings (SSSR count). The summed E-state index contributed by atoms with van der Waals surface area (Å²) in [6, 6.07) is 10.6. The molecule has 0 atom stereocenters. The van der Waals surface area contributed by atoms with Gasteiger partial charge in [0.25, 0.3) is 0 Å². The highest BCUT2D eigenvalue weighted by atomic mass is 79.9. The number of hydrogen-bond acceptors (Lipinski definition) is 5. The zero-order valence-corrected chi connectivity index (χ0v) is 17.2. The van der Waals surface area contributed by atoms with Gasteiger partial charge in [0, 0.05) is 47.8 Å². The summed E-state index contributed by atoms with van der Waals surface area (Å²) in [7, 11) is -2.06. The Labute approximate surface area is 166 Å². The summed E-state index contributed by atoms with van der Waals surface area (Å²) in [6.07, 6.45) is 1.56. The SMILES string of the molecule is COc1ccc(S(=O)(=O)c2c[nH]c3cc(Br)ccc23)cc1N1CCNCC1. The van der Waals surface area contributed by atoms with Crippen LogP contribution in [0, 0.1) is 0 Å². The van der Waals surface area contributed by atoms with Gasteiger partial charge in [-0.25, -0.2) is 8.42 Å². The van der Waals surface area contributed by atoms with Gasteiger partial charge in [-0.2, -0.15) is 0 Å². The van der Waals surface area contributed by atoms with E-state index in [-0.39, 0.29) is 9.79 Å². The fourth-order valence-corrected chi connectivity index (χ4v) is 5.22. The van der Waals surface area contributed by atoms with Crippen molar-refractivity contribution in [2.24, 2.45) is 0 Å². The zero-order valence-electron chi connectivity index (χ0n) is 14.8. The number of aromatic nitrogens is 1. The first-order chi connectivity index (χ1) is 13.0. The highest BCUT2D eigenvalue weighted by Crippen LogP contribution is 2.35. The summed E-state index contributed by atoms with van der Waals surface area (Å²) >= 11 is 3.41. The van der Waals surface area contributed by atoms with Gasteiger partial charge >= 0.3 is 0 Å². The first-order valence-electron chi connectivity index (χ1n) is 8.66. The second-order valence-electron chi connectivity index (χ2n) is 6.42. The van der Waals surface area contributed by atoms with Crippen molar-refractivity contribution in [3.63, 3.8) is 0 Å². The molecule has 6 nitrogen and oxygen atoms in total. The quantitative estimate of drug-likeness (QED) is 0.639. The van der Waals surface area contributed by atoms with Crippen LogP contribution in [0.4, 0.5) is 5.69 Å². The lowest BCUT2D eigenvalue weighted by Crippen LogP contribution is -2.43. The molecule has 27 heavy (non-hydrogen) atoms. The van der Waals surface area contributed by atoms with Crippen molar-refractivity contribution in [3.8, 4) is 5.75 Å². The Morgan fingerprint density at radius 3 is 2.63 bits per heavy atom. The van der Waals surface area contributed by atoms with Gasteiger partial charge < -0.3 is 19.9 Å². The van der Waals surface area contributed by atoms with E-state index in [1.54, 1.807) is 31.5 Å². The van der Waals surface area contributed by atoms with Crippen molar-refractivity contribution in [2.75, 3.05) is 38.2 Å². The van der Waals surface area contributed by atoms with Gasteiger partial charge in [0.1, 0.15) is 5.75 Å². The average molecular weight is 450 g/mol. The number of piperazine rings is 1. The number of fused-ring (bicyclic) bond motifs is 1. The molecule has 3 aromatic rings. The van der Waals surface area contributed by atoms with Crippen LogP contribution in [0.2, 0.25) is 0 Å². The Hall–Kier alpha value is -2.03. The van der Waals surface area contributed by atoms with Crippen molar-refractivity contribution in [3.05, 3.63) is 47.1 Å². The molecule has 0 unspecified atom stereocenters. The van der Waals surface area contributed by atoms with E-state index in [0.29, 0.717) is 11.1 Å². The summed E-state index contributed by atoms with van der Waals surface area (Å²) in [6.45, 7) is 3.33. The summed E-state index contributed by atoms with van der Waals surface area (Å²) in [5, 5.41) is 3.98. The molecule has 0 bridgehead atoms. The summed E-state index contributed by atoms with van der Waals surface area (Å²) in [4.78, 5) is 5.75. The van der Waals surface area contributed by atoms with Crippen LogP contribution in [0.3, 0.4) is 0 Å². The molecule has 2 heterocycles. The molecule has 0 aliphatic carbocycles. The molecule has 1 aliphatic heterocycles. The van der Waals surface area contributed by atoms with E-state index in [1.807, 2.05) is 18.2 Å². The van der Waals surface area contributed by atoms with Crippen LogP contribution in [0.25, 0.3) is 10.9 Å². The van der Waals surface area contributed by atoms with E-state index in [4.69, 9.17) is 4.74 Å². The number of halogens is 1. The van der Waals surface area contributed by atoms with E-state index < -0.39 is 9.84 Å². The van der Waals surface area contributed by atoms with Crippen LogP contribution in [-0.4, -0.2) is 46.7 Å². The maximum Gasteiger partial charge on any atom is 0.208 e. The van der Waals surface area contributed by atoms with Crippen molar-refractivity contribution < 1.29 is 13.2 Å². The fourth-order valence-electron chi connectivity index (χ4n) is 3.41. The molecule has 1 aliphatic rings. The Kier molecular flexibility index (Phi) is 4.88. The smallest absolute Gasteiger partial charge is 0.208 e. The number of anilines is 1. The summed E-state index contributed by atoms with van der Waals surface area (Å²) < 4.78 is 33.0. The van der Waals surface area contributed by atoms with Crippen LogP contribution in [0.15, 0.2) is 56.9 Å². The minimum absolute atomic E-state index is 0.264. The molecule has 1 aromatic heterocycles. The summed E-state index contributed by atoms with van der Waals surface area (Å²) in [5.74, 6) is 0.679. The third kappa shape index (κ3) is 3.33. The molecule has 0 spiro atoms. The maximum atomic E-state index is 13.3. The highest BCUT2D eigenvalue weighted by Gasteiger charge is 2.24. The second-order valence-corrected chi connectivity index (χ2v) is 9.25. The standard InChI is InChI=1S/C19H20BrN3O3S/c1-26-18-5-3-14(11-17(18)23-8-6-21-7-9-23)27(24,25)19-12-22-16-10-13(20)2-4-15(16)19/h2-5,10-12,21-22H,6-9H2,1H3. The number of rotatable bonds is 4. The monoisotopic (exact) mass is 449 g/mol. The number of hydrogen-bond donors (Lipinski definition) is 2. The lowest BCUT2D eigenvalue weighted by atomic mass is 10.2. The van der Waals surface area contributed by atoms with Crippen LogP contribution in [-0.2, 0) is 9.84 Å². The fraction of sp³-hybridized carbons (Fsp3) is 0.263. The minimum Gasteiger partial charge on any atom is -0.495 e. The molecule has 1 fully saturated rings. The van der Waals surface area contributed by atoms with E-state index in [0.717, 1.165) is 41.9 Å². The van der Waals surface area contributed by atoms with Gasteiger partial charge in [0.2, 0.25) is 9.84 Å². The molecule has 142 valence electrons. The van der Waals surface area contributed by atoms with Gasteiger partial charge in [-0.05, 0) is 30.3 Å². The van der Waals surface area contributed by atoms with Crippen LogP contribution >= 0.6 is 15.9 Å². The number of aromatic amines is 1. The van der Waals surface area contributed by atoms with E-state index in [1.165, 1.54) is 0 Å². The Morgan fingerprint density at radius 1 is 1.11 bits per heavy atom. The Morgan fingerprint density at radius 2 is 1.89 bits per heavy atom. The van der Waals surface area contributed by atoms with Gasteiger partial charge in [-0.1, -0.05) is 22.0 Å². The number of nitrogens with one attached hydrogen (secondary N) is 2. The topological polar surface area (TPSA) is 74.4 Å². The van der Waals surface area contributed by atoms with Crippen LogP contribution < -0.4 is 15.0 Å². The first-order valence-corrected chi connectivity index (χ1v) is 10.9. The van der Waals surface area contributed by atoms with E-state index in [9.17, 15) is 8.42 Å². The third-order valence-electron chi connectivity index (χ3n) is 4.81. The molecule has 2 aromatic carbocycles. The van der Waals surface area contributed by atoms with Gasteiger partial charge in [0.05, 0.1) is 22.6 Å². The predicted molar refractivity (Wildman–Crippen MR) is 110 cm³/mol. The second kappa shape index (κ2) is 7.18. The van der Waals surface area contributed by atoms with E-state index in [2.05, 4.69) is 31.1 Å². The van der Waals surface area contributed by atoms with Crippen molar-refractivity contribution >= 4 is 42.4 Å². The number of nitrogens with zero attached hydrogens (tertiary/aromatic N) is 1. The molecular weight excluding hydrogens is 430 g/mol. The number of methoxy groups -OCH3 is 1. The zero-order chi connectivity index (χ0) is 19.0. The summed E-state index contributed by atoms with van der Waals surface area (Å²) in [5.41, 5.74) is 1.58. The molecular formula is C19H20BrN3O3S. The van der Waals surface area contributed by atoms with Crippen molar-refractivity contribution in [2.45, 2.75) is 9.79 Å². The lowest BCUT2D eigenvalue weighted by molar-refractivity contribution is 0.412. The molecule has 0 saturated carbocycles. The van der Waals surface area contributed by atoms with E-state index >= 15 is 0 Å². The predicted octanol–water partition coefficient (Wildman–Crippen LogP) is 3.18. The normalized spacial score (nSPS) is 15.3. The number of H-pyrrole nitrogens is 1. The number of sulfone groups is 1. The average Bonchev–Trinajstić information content (AvgIpc) is 3.12. The molecule has 8 heteroatoms. The van der Waals surface area contributed by atoms with Gasteiger partial charge in [0.15, 0.2) is 0 Å². The van der Waals surface area contributed by atoms with Gasteiger partial charge in [-0.15, -0.1) is 0 Å². The Balaban J connectivity index is 1.81. The molecule has 1 saturated heterocycles. The molecule has 0 amide bonds. The lowest BCUT2D eigenvalue weighted by Gasteiger charge is -2.30.